The van der Waals surface area contributed by atoms with Crippen molar-refractivity contribution in [2.24, 2.45) is 0 Å². The normalized spacial score (nSPS) is 17.1. The molecule has 1 aromatic carbocycles. The quantitative estimate of drug-likeness (QED) is 0.913. The van der Waals surface area contributed by atoms with E-state index in [4.69, 9.17) is 5.26 Å². The van der Waals surface area contributed by atoms with E-state index in [0.29, 0.717) is 11.4 Å². The lowest BCUT2D eigenvalue weighted by molar-refractivity contribution is 0.615. The van der Waals surface area contributed by atoms with Crippen LogP contribution < -0.4 is 5.32 Å². The van der Waals surface area contributed by atoms with E-state index in [0.717, 1.165) is 22.6 Å². The standard InChI is InChI=1S/C15H12FN3S/c16-11-3-4-14-12(8-11)13(5-7-20-14)19-15-10(9-17)2-1-6-18-15/h1-4,6,8,13H,5,7H2,(H,18,19). The van der Waals surface area contributed by atoms with Crippen molar-refractivity contribution in [3.63, 3.8) is 0 Å². The third-order valence-electron chi connectivity index (χ3n) is 3.25. The summed E-state index contributed by atoms with van der Waals surface area (Å²) in [6.07, 6.45) is 2.52. The molecule has 20 heavy (non-hydrogen) atoms. The van der Waals surface area contributed by atoms with Crippen molar-refractivity contribution < 1.29 is 4.39 Å². The summed E-state index contributed by atoms with van der Waals surface area (Å²) in [6, 6.07) is 10.4. The number of pyridine rings is 1. The Balaban J connectivity index is 1.94. The Morgan fingerprint density at radius 1 is 1.40 bits per heavy atom. The second-order valence-corrected chi connectivity index (χ2v) is 5.66. The molecule has 0 amide bonds. The highest BCUT2D eigenvalue weighted by Gasteiger charge is 2.22. The number of halogens is 1. The number of hydrogen-bond donors (Lipinski definition) is 1. The molecule has 0 saturated carbocycles. The van der Waals surface area contributed by atoms with E-state index >= 15 is 0 Å². The number of aromatic nitrogens is 1. The first-order chi connectivity index (χ1) is 9.78. The first kappa shape index (κ1) is 12.9. The minimum atomic E-state index is -0.237. The lowest BCUT2D eigenvalue weighted by Gasteiger charge is -2.26. The highest BCUT2D eigenvalue weighted by molar-refractivity contribution is 7.99. The number of fused-ring (bicyclic) bond motifs is 1. The van der Waals surface area contributed by atoms with E-state index in [9.17, 15) is 4.39 Å². The summed E-state index contributed by atoms with van der Waals surface area (Å²) in [6.45, 7) is 0. The van der Waals surface area contributed by atoms with Gasteiger partial charge in [0, 0.05) is 16.8 Å². The van der Waals surface area contributed by atoms with Crippen molar-refractivity contribution >= 4 is 17.6 Å². The molecule has 2 aromatic rings. The van der Waals surface area contributed by atoms with Gasteiger partial charge in [-0.15, -0.1) is 11.8 Å². The minimum Gasteiger partial charge on any atom is -0.362 e. The summed E-state index contributed by atoms with van der Waals surface area (Å²) in [5.41, 5.74) is 1.44. The Hall–Kier alpha value is -2.06. The zero-order valence-corrected chi connectivity index (χ0v) is 11.5. The van der Waals surface area contributed by atoms with Gasteiger partial charge in [-0.05, 0) is 42.3 Å². The molecule has 5 heteroatoms. The fourth-order valence-electron chi connectivity index (χ4n) is 2.29. The Labute approximate surface area is 120 Å². The molecule has 0 spiro atoms. The molecule has 0 saturated heterocycles. The summed E-state index contributed by atoms with van der Waals surface area (Å²) in [5.74, 6) is 1.28. The van der Waals surface area contributed by atoms with Gasteiger partial charge in [0.25, 0.3) is 0 Å². The maximum Gasteiger partial charge on any atom is 0.144 e. The molecule has 2 heterocycles. The fourth-order valence-corrected chi connectivity index (χ4v) is 3.40. The molecule has 1 aliphatic heterocycles. The molecular formula is C15H12FN3S. The summed E-state index contributed by atoms with van der Waals surface area (Å²) in [7, 11) is 0. The van der Waals surface area contributed by atoms with Crippen LogP contribution in [0.5, 0.6) is 0 Å². The second-order valence-electron chi connectivity index (χ2n) is 4.53. The highest BCUT2D eigenvalue weighted by atomic mass is 32.2. The van der Waals surface area contributed by atoms with Gasteiger partial charge in [0.05, 0.1) is 11.6 Å². The number of nitrogens with zero attached hydrogens (tertiary/aromatic N) is 2. The zero-order valence-electron chi connectivity index (χ0n) is 10.6. The van der Waals surface area contributed by atoms with Gasteiger partial charge in [0.2, 0.25) is 0 Å². The molecule has 0 radical (unpaired) electrons. The van der Waals surface area contributed by atoms with Gasteiger partial charge in [-0.3, -0.25) is 0 Å². The number of thioether (sulfide) groups is 1. The molecule has 1 N–H and O–H groups in total. The van der Waals surface area contributed by atoms with Crippen LogP contribution in [0.1, 0.15) is 23.6 Å². The van der Waals surface area contributed by atoms with Crippen molar-refractivity contribution in [1.82, 2.24) is 4.98 Å². The average Bonchev–Trinajstić information content (AvgIpc) is 2.48. The van der Waals surface area contributed by atoms with Gasteiger partial charge in [-0.25, -0.2) is 9.37 Å². The molecule has 1 aliphatic rings. The van der Waals surface area contributed by atoms with E-state index in [1.165, 1.54) is 6.07 Å². The third kappa shape index (κ3) is 2.47. The number of hydrogen-bond acceptors (Lipinski definition) is 4. The Bertz CT molecular complexity index is 681. The number of nitrogens with one attached hydrogen (secondary N) is 1. The molecule has 3 rings (SSSR count). The van der Waals surface area contributed by atoms with Gasteiger partial charge in [-0.1, -0.05) is 0 Å². The molecule has 0 aliphatic carbocycles. The van der Waals surface area contributed by atoms with Crippen molar-refractivity contribution in [2.45, 2.75) is 17.4 Å². The van der Waals surface area contributed by atoms with Gasteiger partial charge < -0.3 is 5.32 Å². The van der Waals surface area contributed by atoms with Crippen LogP contribution in [0.4, 0.5) is 10.2 Å². The molecule has 3 nitrogen and oxygen atoms in total. The van der Waals surface area contributed by atoms with Crippen molar-refractivity contribution in [1.29, 1.82) is 5.26 Å². The average molecular weight is 285 g/mol. The van der Waals surface area contributed by atoms with Crippen LogP contribution in [-0.4, -0.2) is 10.7 Å². The highest BCUT2D eigenvalue weighted by Crippen LogP contribution is 2.38. The van der Waals surface area contributed by atoms with Crippen LogP contribution in [0.2, 0.25) is 0 Å². The van der Waals surface area contributed by atoms with Gasteiger partial charge in [-0.2, -0.15) is 5.26 Å². The summed E-state index contributed by atoms with van der Waals surface area (Å²) in [4.78, 5) is 5.29. The monoisotopic (exact) mass is 285 g/mol. The van der Waals surface area contributed by atoms with E-state index in [2.05, 4.69) is 16.4 Å². The first-order valence-electron chi connectivity index (χ1n) is 6.32. The predicted molar refractivity (Wildman–Crippen MR) is 77.1 cm³/mol. The maximum absolute atomic E-state index is 13.4. The predicted octanol–water partition coefficient (Wildman–Crippen LogP) is 3.74. The topological polar surface area (TPSA) is 48.7 Å². The molecule has 0 fully saturated rings. The number of nitriles is 1. The first-order valence-corrected chi connectivity index (χ1v) is 7.30. The number of benzene rings is 1. The van der Waals surface area contributed by atoms with Crippen molar-refractivity contribution in [2.75, 3.05) is 11.1 Å². The van der Waals surface area contributed by atoms with Crippen LogP contribution in [0.15, 0.2) is 41.4 Å². The Morgan fingerprint density at radius 2 is 2.30 bits per heavy atom. The van der Waals surface area contributed by atoms with E-state index in [1.54, 1.807) is 36.2 Å². The summed E-state index contributed by atoms with van der Waals surface area (Å²) in [5, 5.41) is 12.4. The van der Waals surface area contributed by atoms with Gasteiger partial charge in [0.1, 0.15) is 17.7 Å². The van der Waals surface area contributed by atoms with Crippen LogP contribution in [0.3, 0.4) is 0 Å². The molecule has 100 valence electrons. The lowest BCUT2D eigenvalue weighted by atomic mass is 10.0. The van der Waals surface area contributed by atoms with Crippen LogP contribution >= 0.6 is 11.8 Å². The molecule has 0 bridgehead atoms. The summed E-state index contributed by atoms with van der Waals surface area (Å²) >= 11 is 1.73. The second kappa shape index (κ2) is 5.51. The Kier molecular flexibility index (Phi) is 3.57. The molecular weight excluding hydrogens is 273 g/mol. The smallest absolute Gasteiger partial charge is 0.144 e. The van der Waals surface area contributed by atoms with Crippen LogP contribution in [0.25, 0.3) is 0 Å². The summed E-state index contributed by atoms with van der Waals surface area (Å²) < 4.78 is 13.4. The SMILES string of the molecule is N#Cc1cccnc1NC1CCSc2ccc(F)cc21. The largest absolute Gasteiger partial charge is 0.362 e. The van der Waals surface area contributed by atoms with Crippen molar-refractivity contribution in [3.05, 3.63) is 53.5 Å². The molecule has 1 aromatic heterocycles. The van der Waals surface area contributed by atoms with Crippen LogP contribution in [0, 0.1) is 17.1 Å². The number of anilines is 1. The number of rotatable bonds is 2. The Morgan fingerprint density at radius 3 is 3.15 bits per heavy atom. The fraction of sp³-hybridized carbons (Fsp3) is 0.200. The minimum absolute atomic E-state index is 0.0102. The third-order valence-corrected chi connectivity index (χ3v) is 4.37. The maximum atomic E-state index is 13.4. The lowest BCUT2D eigenvalue weighted by Crippen LogP contribution is -2.17. The van der Waals surface area contributed by atoms with E-state index in [-0.39, 0.29) is 11.9 Å². The van der Waals surface area contributed by atoms with Crippen molar-refractivity contribution in [3.8, 4) is 6.07 Å². The van der Waals surface area contributed by atoms with Crippen LogP contribution in [-0.2, 0) is 0 Å². The molecule has 1 unspecified atom stereocenters. The van der Waals surface area contributed by atoms with Gasteiger partial charge >= 0.3 is 0 Å². The van der Waals surface area contributed by atoms with E-state index in [1.807, 2.05) is 6.07 Å². The zero-order chi connectivity index (χ0) is 13.9. The van der Waals surface area contributed by atoms with E-state index < -0.39 is 0 Å². The molecule has 1 atom stereocenters. The van der Waals surface area contributed by atoms with Gasteiger partial charge in [0.15, 0.2) is 0 Å².